The van der Waals surface area contributed by atoms with Gasteiger partial charge in [-0.15, -0.1) is 0 Å². The first-order chi connectivity index (χ1) is 19.6. The lowest BCUT2D eigenvalue weighted by atomic mass is 10.0. The molecule has 0 aliphatic rings. The second kappa shape index (κ2) is 13.9. The van der Waals surface area contributed by atoms with Crippen molar-refractivity contribution in [3.8, 4) is 0 Å². The second-order valence-electron chi connectivity index (χ2n) is 9.95. The minimum absolute atomic E-state index is 0.0881. The first-order valence-electron chi connectivity index (χ1n) is 12.8. The summed E-state index contributed by atoms with van der Waals surface area (Å²) in [7, 11) is -4.31. The van der Waals surface area contributed by atoms with Crippen LogP contribution in [0.2, 0.25) is 5.02 Å². The molecule has 0 radical (unpaired) electrons. The van der Waals surface area contributed by atoms with Crippen molar-refractivity contribution in [2.24, 2.45) is 0 Å². The summed E-state index contributed by atoms with van der Waals surface area (Å²) in [5.41, 5.74) is -0.256. The average Bonchev–Trinajstić information content (AvgIpc) is 2.88. The number of hydrogen-bond acceptors (Lipinski definition) is 4. The van der Waals surface area contributed by atoms with Gasteiger partial charge in [0.25, 0.3) is 0 Å². The van der Waals surface area contributed by atoms with E-state index in [-0.39, 0.29) is 24.0 Å². The normalized spacial score (nSPS) is 12.6. The number of carbonyl (C=O) groups excluding carboxylic acids is 2. The van der Waals surface area contributed by atoms with E-state index in [9.17, 15) is 31.2 Å². The molecule has 42 heavy (non-hydrogen) atoms. The molecule has 0 aliphatic carbocycles. The Hall–Kier alpha value is -3.09. The fourth-order valence-corrected chi connectivity index (χ4v) is 5.81. The molecule has 1 N–H and O–H groups in total. The van der Waals surface area contributed by atoms with Gasteiger partial charge >= 0.3 is 6.18 Å². The highest BCUT2D eigenvalue weighted by molar-refractivity contribution is 9.10. The summed E-state index contributed by atoms with van der Waals surface area (Å²) in [6.45, 7) is 2.54. The van der Waals surface area contributed by atoms with Gasteiger partial charge in [0, 0.05) is 23.5 Å². The molecule has 0 fully saturated rings. The molecule has 0 bridgehead atoms. The Kier molecular flexibility index (Phi) is 11.1. The highest BCUT2D eigenvalue weighted by Gasteiger charge is 2.36. The highest BCUT2D eigenvalue weighted by atomic mass is 79.9. The van der Waals surface area contributed by atoms with Crippen LogP contribution in [0.15, 0.2) is 77.3 Å². The van der Waals surface area contributed by atoms with E-state index in [0.717, 1.165) is 24.0 Å². The number of halogens is 5. The van der Waals surface area contributed by atoms with Crippen molar-refractivity contribution in [3.63, 3.8) is 0 Å². The maximum atomic E-state index is 14.0. The third-order valence-corrected chi connectivity index (χ3v) is 8.10. The van der Waals surface area contributed by atoms with Crippen LogP contribution < -0.4 is 9.62 Å². The molecular formula is C29H30BrClF3N3O4S. The van der Waals surface area contributed by atoms with Crippen LogP contribution in [-0.4, -0.2) is 50.0 Å². The van der Waals surface area contributed by atoms with Crippen molar-refractivity contribution < 1.29 is 31.2 Å². The molecule has 7 nitrogen and oxygen atoms in total. The molecule has 1 atom stereocenters. The number of hydrogen-bond donors (Lipinski definition) is 1. The quantitative estimate of drug-likeness (QED) is 0.266. The van der Waals surface area contributed by atoms with E-state index >= 15 is 0 Å². The molecule has 0 heterocycles. The summed E-state index contributed by atoms with van der Waals surface area (Å²) < 4.78 is 67.5. The van der Waals surface area contributed by atoms with E-state index in [2.05, 4.69) is 21.2 Å². The first kappa shape index (κ1) is 33.4. The standard InChI is InChI=1S/C29H30BrClF3N3O4S/c1-19(2)35-28(39)26(15-20-8-5-4-6-9-20)36(17-21-10-7-11-23(30)14-21)27(38)18-37(42(3,40)41)25-16-22(29(32,33)34)12-13-24(25)31/h4-14,16,19,26H,15,17-18H2,1-3H3,(H,35,39). The summed E-state index contributed by atoms with van der Waals surface area (Å²) in [6, 6.07) is 16.9. The fraction of sp³-hybridized carbons (Fsp3) is 0.310. The van der Waals surface area contributed by atoms with Gasteiger partial charge in [-0.3, -0.25) is 13.9 Å². The summed E-state index contributed by atoms with van der Waals surface area (Å²) in [6.07, 6.45) is -3.92. The Labute approximate surface area is 256 Å². The summed E-state index contributed by atoms with van der Waals surface area (Å²) >= 11 is 9.56. The summed E-state index contributed by atoms with van der Waals surface area (Å²) in [5, 5.41) is 2.53. The first-order valence-corrected chi connectivity index (χ1v) is 15.8. The van der Waals surface area contributed by atoms with Gasteiger partial charge in [0.1, 0.15) is 12.6 Å². The van der Waals surface area contributed by atoms with Gasteiger partial charge in [-0.05, 0) is 55.3 Å². The van der Waals surface area contributed by atoms with Crippen molar-refractivity contribution in [2.75, 3.05) is 17.1 Å². The predicted molar refractivity (Wildman–Crippen MR) is 161 cm³/mol. The number of amides is 2. The predicted octanol–water partition coefficient (Wildman–Crippen LogP) is 6.05. The number of anilines is 1. The Morgan fingerprint density at radius 3 is 2.19 bits per heavy atom. The number of nitrogens with zero attached hydrogens (tertiary/aromatic N) is 2. The Bertz CT molecular complexity index is 1520. The van der Waals surface area contributed by atoms with E-state index < -0.39 is 51.9 Å². The van der Waals surface area contributed by atoms with Crippen molar-refractivity contribution >= 4 is 55.1 Å². The molecule has 226 valence electrons. The van der Waals surface area contributed by atoms with Crippen LogP contribution >= 0.6 is 27.5 Å². The van der Waals surface area contributed by atoms with Gasteiger partial charge in [0.05, 0.1) is 22.5 Å². The molecule has 13 heteroatoms. The van der Waals surface area contributed by atoms with Crippen LogP contribution in [0.3, 0.4) is 0 Å². The third kappa shape index (κ3) is 9.20. The Morgan fingerprint density at radius 1 is 0.976 bits per heavy atom. The van der Waals surface area contributed by atoms with E-state index in [1.54, 1.807) is 68.4 Å². The molecule has 3 rings (SSSR count). The van der Waals surface area contributed by atoms with Crippen LogP contribution in [0.25, 0.3) is 0 Å². The van der Waals surface area contributed by atoms with E-state index in [0.29, 0.717) is 20.4 Å². The van der Waals surface area contributed by atoms with Gasteiger partial charge in [0.2, 0.25) is 21.8 Å². The molecule has 0 aliphatic heterocycles. The molecular weight excluding hydrogens is 659 g/mol. The molecule has 0 spiro atoms. The van der Waals surface area contributed by atoms with Gasteiger partial charge in [-0.1, -0.05) is 70.0 Å². The van der Waals surface area contributed by atoms with Crippen molar-refractivity contribution in [1.82, 2.24) is 10.2 Å². The monoisotopic (exact) mass is 687 g/mol. The van der Waals surface area contributed by atoms with E-state index in [4.69, 9.17) is 11.6 Å². The van der Waals surface area contributed by atoms with Crippen molar-refractivity contribution in [2.45, 2.75) is 45.1 Å². The van der Waals surface area contributed by atoms with Crippen LogP contribution in [0.5, 0.6) is 0 Å². The van der Waals surface area contributed by atoms with Crippen LogP contribution in [-0.2, 0) is 38.8 Å². The lowest BCUT2D eigenvalue weighted by Crippen LogP contribution is -2.54. The van der Waals surface area contributed by atoms with Gasteiger partial charge in [-0.2, -0.15) is 13.2 Å². The minimum atomic E-state index is -4.78. The highest BCUT2D eigenvalue weighted by Crippen LogP contribution is 2.36. The van der Waals surface area contributed by atoms with Gasteiger partial charge in [-0.25, -0.2) is 8.42 Å². The Balaban J connectivity index is 2.12. The van der Waals surface area contributed by atoms with Crippen molar-refractivity contribution in [3.05, 3.63) is 99.0 Å². The number of nitrogens with one attached hydrogen (secondary N) is 1. The lowest BCUT2D eigenvalue weighted by molar-refractivity contribution is -0.140. The largest absolute Gasteiger partial charge is 0.416 e. The fourth-order valence-electron chi connectivity index (χ4n) is 4.24. The van der Waals surface area contributed by atoms with Crippen LogP contribution in [0.1, 0.15) is 30.5 Å². The van der Waals surface area contributed by atoms with Gasteiger partial charge < -0.3 is 10.2 Å². The van der Waals surface area contributed by atoms with E-state index in [1.807, 2.05) is 0 Å². The summed E-state index contributed by atoms with van der Waals surface area (Å²) in [5.74, 6) is -1.28. The lowest BCUT2D eigenvalue weighted by Gasteiger charge is -2.34. The second-order valence-corrected chi connectivity index (χ2v) is 13.2. The Morgan fingerprint density at radius 2 is 1.62 bits per heavy atom. The minimum Gasteiger partial charge on any atom is -0.352 e. The SMILES string of the molecule is CC(C)NC(=O)C(Cc1ccccc1)N(Cc1cccc(Br)c1)C(=O)CN(c1cc(C(F)(F)F)ccc1Cl)S(C)(=O)=O. The zero-order valence-corrected chi connectivity index (χ0v) is 26.2. The van der Waals surface area contributed by atoms with Crippen LogP contribution in [0.4, 0.5) is 18.9 Å². The molecule has 0 aromatic heterocycles. The molecule has 0 saturated heterocycles. The van der Waals surface area contributed by atoms with Gasteiger partial charge in [0.15, 0.2) is 0 Å². The zero-order chi connectivity index (χ0) is 31.2. The van der Waals surface area contributed by atoms with E-state index in [1.165, 1.54) is 4.90 Å². The molecule has 2 amide bonds. The zero-order valence-electron chi connectivity index (χ0n) is 23.0. The number of alkyl halides is 3. The number of carbonyl (C=O) groups is 2. The molecule has 3 aromatic carbocycles. The molecule has 3 aromatic rings. The maximum Gasteiger partial charge on any atom is 0.416 e. The van der Waals surface area contributed by atoms with Crippen molar-refractivity contribution in [1.29, 1.82) is 0 Å². The number of sulfonamides is 1. The smallest absolute Gasteiger partial charge is 0.352 e. The average molecular weight is 689 g/mol. The van der Waals surface area contributed by atoms with Crippen LogP contribution in [0, 0.1) is 0 Å². The maximum absolute atomic E-state index is 14.0. The number of rotatable bonds is 11. The third-order valence-electron chi connectivity index (χ3n) is 6.17. The summed E-state index contributed by atoms with van der Waals surface area (Å²) in [4.78, 5) is 28.8. The molecule has 0 saturated carbocycles. The number of benzene rings is 3. The topological polar surface area (TPSA) is 86.8 Å². The molecule has 1 unspecified atom stereocenters.